The summed E-state index contributed by atoms with van der Waals surface area (Å²) in [6.07, 6.45) is 2.79. The van der Waals surface area contributed by atoms with Crippen molar-refractivity contribution in [2.24, 2.45) is 0 Å². The molecular formula is C14H31N3O. The van der Waals surface area contributed by atoms with Gasteiger partial charge in [0.25, 0.3) is 0 Å². The molecule has 1 atom stereocenters. The van der Waals surface area contributed by atoms with E-state index in [1.807, 2.05) is 6.92 Å². The second-order valence-electron chi connectivity index (χ2n) is 4.74. The summed E-state index contributed by atoms with van der Waals surface area (Å²) >= 11 is 0. The van der Waals surface area contributed by atoms with Gasteiger partial charge in [-0.25, -0.2) is 0 Å². The van der Waals surface area contributed by atoms with Crippen LogP contribution in [0.15, 0.2) is 0 Å². The third-order valence-electron chi connectivity index (χ3n) is 3.19. The van der Waals surface area contributed by atoms with Crippen molar-refractivity contribution >= 4 is 5.91 Å². The highest BCUT2D eigenvalue weighted by molar-refractivity contribution is 5.76. The van der Waals surface area contributed by atoms with E-state index in [1.54, 1.807) is 0 Å². The molecule has 4 nitrogen and oxygen atoms in total. The van der Waals surface area contributed by atoms with Crippen molar-refractivity contribution in [3.63, 3.8) is 0 Å². The van der Waals surface area contributed by atoms with E-state index in [9.17, 15) is 4.79 Å². The number of hydrogen-bond acceptors (Lipinski definition) is 3. The van der Waals surface area contributed by atoms with Gasteiger partial charge in [0.1, 0.15) is 0 Å². The summed E-state index contributed by atoms with van der Waals surface area (Å²) < 4.78 is 0. The number of rotatable bonds is 11. The fourth-order valence-corrected chi connectivity index (χ4v) is 1.96. The van der Waals surface area contributed by atoms with Crippen LogP contribution >= 0.6 is 0 Å². The van der Waals surface area contributed by atoms with Gasteiger partial charge in [0.05, 0.1) is 0 Å². The molecule has 1 amide bonds. The lowest BCUT2D eigenvalue weighted by molar-refractivity contribution is -0.121. The third-order valence-corrected chi connectivity index (χ3v) is 3.19. The summed E-state index contributed by atoms with van der Waals surface area (Å²) in [4.78, 5) is 14.0. The zero-order chi connectivity index (χ0) is 13.8. The molecule has 108 valence electrons. The van der Waals surface area contributed by atoms with E-state index in [2.05, 4.69) is 36.3 Å². The number of amides is 1. The van der Waals surface area contributed by atoms with Gasteiger partial charge < -0.3 is 15.5 Å². The van der Waals surface area contributed by atoms with Crippen LogP contribution < -0.4 is 10.6 Å². The fourth-order valence-electron chi connectivity index (χ4n) is 1.96. The first-order chi connectivity index (χ1) is 8.63. The molecule has 0 heterocycles. The number of carbonyl (C=O) groups excluding carboxylic acids is 1. The Labute approximate surface area is 113 Å². The Morgan fingerprint density at radius 3 is 2.44 bits per heavy atom. The maximum atomic E-state index is 11.6. The van der Waals surface area contributed by atoms with Crippen LogP contribution in [0.5, 0.6) is 0 Å². The summed E-state index contributed by atoms with van der Waals surface area (Å²) in [5, 5.41) is 6.21. The van der Waals surface area contributed by atoms with E-state index in [0.717, 1.165) is 45.6 Å². The predicted octanol–water partition coefficient (Wildman–Crippen LogP) is 1.61. The molecule has 0 aromatic heterocycles. The highest BCUT2D eigenvalue weighted by atomic mass is 16.1. The largest absolute Gasteiger partial charge is 0.354 e. The smallest absolute Gasteiger partial charge is 0.221 e. The minimum absolute atomic E-state index is 0.159. The zero-order valence-electron chi connectivity index (χ0n) is 12.6. The second-order valence-corrected chi connectivity index (χ2v) is 4.74. The maximum absolute atomic E-state index is 11.6. The summed E-state index contributed by atoms with van der Waals surface area (Å²) in [6.45, 7) is 13.6. The van der Waals surface area contributed by atoms with Gasteiger partial charge >= 0.3 is 0 Å². The molecule has 2 N–H and O–H groups in total. The molecule has 0 spiro atoms. The molecule has 0 radical (unpaired) electrons. The van der Waals surface area contributed by atoms with Gasteiger partial charge in [0, 0.05) is 19.0 Å². The molecule has 0 aliphatic rings. The van der Waals surface area contributed by atoms with Crippen LogP contribution in [0.1, 0.15) is 47.0 Å². The van der Waals surface area contributed by atoms with Crippen molar-refractivity contribution in [3.8, 4) is 0 Å². The van der Waals surface area contributed by atoms with Crippen molar-refractivity contribution in [2.75, 3.05) is 32.7 Å². The topological polar surface area (TPSA) is 44.4 Å². The first-order valence-electron chi connectivity index (χ1n) is 7.36. The van der Waals surface area contributed by atoms with Crippen LogP contribution in [0.2, 0.25) is 0 Å². The molecule has 0 aromatic carbocycles. The molecular weight excluding hydrogens is 226 g/mol. The summed E-state index contributed by atoms with van der Waals surface area (Å²) in [5.74, 6) is 0.159. The van der Waals surface area contributed by atoms with Gasteiger partial charge in [-0.2, -0.15) is 0 Å². The molecule has 0 aliphatic carbocycles. The van der Waals surface area contributed by atoms with E-state index in [4.69, 9.17) is 0 Å². The Kier molecular flexibility index (Phi) is 11.1. The molecule has 0 saturated heterocycles. The van der Waals surface area contributed by atoms with Crippen molar-refractivity contribution < 1.29 is 4.79 Å². The maximum Gasteiger partial charge on any atom is 0.221 e. The van der Waals surface area contributed by atoms with Crippen LogP contribution in [0.25, 0.3) is 0 Å². The van der Waals surface area contributed by atoms with Crippen LogP contribution in [0, 0.1) is 0 Å². The quantitative estimate of drug-likeness (QED) is 0.553. The molecule has 1 unspecified atom stereocenters. The van der Waals surface area contributed by atoms with Gasteiger partial charge in [-0.1, -0.05) is 20.8 Å². The van der Waals surface area contributed by atoms with Gasteiger partial charge in [0.2, 0.25) is 5.91 Å². The fraction of sp³-hybridized carbons (Fsp3) is 0.929. The lowest BCUT2D eigenvalue weighted by atomic mass is 10.1. The molecule has 0 aliphatic heterocycles. The van der Waals surface area contributed by atoms with Crippen LogP contribution in [0.4, 0.5) is 0 Å². The summed E-state index contributed by atoms with van der Waals surface area (Å²) in [6, 6.07) is 0.287. The van der Waals surface area contributed by atoms with Crippen LogP contribution in [0.3, 0.4) is 0 Å². The number of nitrogens with one attached hydrogen (secondary N) is 2. The van der Waals surface area contributed by atoms with Crippen molar-refractivity contribution in [1.29, 1.82) is 0 Å². The Morgan fingerprint density at radius 1 is 1.22 bits per heavy atom. The van der Waals surface area contributed by atoms with Gasteiger partial charge in [-0.05, 0) is 45.9 Å². The molecule has 18 heavy (non-hydrogen) atoms. The second kappa shape index (κ2) is 11.5. The highest BCUT2D eigenvalue weighted by Crippen LogP contribution is 1.99. The molecule has 0 bridgehead atoms. The van der Waals surface area contributed by atoms with Gasteiger partial charge in [0.15, 0.2) is 0 Å². The summed E-state index contributed by atoms with van der Waals surface area (Å²) in [5.41, 5.74) is 0. The molecule has 0 fully saturated rings. The van der Waals surface area contributed by atoms with E-state index in [0.29, 0.717) is 6.42 Å². The SMILES string of the molecule is CCNCCC(=O)NC(C)CCCN(CC)CC. The van der Waals surface area contributed by atoms with Crippen LogP contribution in [-0.2, 0) is 4.79 Å². The molecule has 0 saturated carbocycles. The summed E-state index contributed by atoms with van der Waals surface area (Å²) in [7, 11) is 0. The number of carbonyl (C=O) groups is 1. The highest BCUT2D eigenvalue weighted by Gasteiger charge is 2.07. The minimum Gasteiger partial charge on any atom is -0.354 e. The Morgan fingerprint density at radius 2 is 1.89 bits per heavy atom. The lowest BCUT2D eigenvalue weighted by Gasteiger charge is -2.19. The molecule has 0 aromatic rings. The zero-order valence-corrected chi connectivity index (χ0v) is 12.6. The van der Waals surface area contributed by atoms with Crippen molar-refractivity contribution in [3.05, 3.63) is 0 Å². The van der Waals surface area contributed by atoms with E-state index < -0.39 is 0 Å². The van der Waals surface area contributed by atoms with Crippen molar-refractivity contribution in [1.82, 2.24) is 15.5 Å². The van der Waals surface area contributed by atoms with Gasteiger partial charge in [-0.15, -0.1) is 0 Å². The van der Waals surface area contributed by atoms with Crippen LogP contribution in [-0.4, -0.2) is 49.6 Å². The normalized spacial score (nSPS) is 12.7. The standard InChI is InChI=1S/C14H31N3O/c1-5-15-11-10-14(18)16-13(4)9-8-12-17(6-2)7-3/h13,15H,5-12H2,1-4H3,(H,16,18). The Balaban J connectivity index is 3.57. The Hall–Kier alpha value is -0.610. The number of nitrogens with zero attached hydrogens (tertiary/aromatic N) is 1. The average Bonchev–Trinajstić information content (AvgIpc) is 2.35. The predicted molar refractivity (Wildman–Crippen MR) is 77.8 cm³/mol. The van der Waals surface area contributed by atoms with Gasteiger partial charge in [-0.3, -0.25) is 4.79 Å². The first-order valence-corrected chi connectivity index (χ1v) is 7.36. The first kappa shape index (κ1) is 17.4. The Bertz CT molecular complexity index is 205. The molecule has 0 rings (SSSR count). The number of hydrogen-bond donors (Lipinski definition) is 2. The van der Waals surface area contributed by atoms with E-state index in [1.165, 1.54) is 0 Å². The van der Waals surface area contributed by atoms with Crippen molar-refractivity contribution in [2.45, 2.75) is 53.0 Å². The van der Waals surface area contributed by atoms with E-state index in [-0.39, 0.29) is 11.9 Å². The third kappa shape index (κ3) is 9.42. The molecule has 4 heteroatoms. The average molecular weight is 257 g/mol. The lowest BCUT2D eigenvalue weighted by Crippen LogP contribution is -2.35. The van der Waals surface area contributed by atoms with E-state index >= 15 is 0 Å². The minimum atomic E-state index is 0.159. The monoisotopic (exact) mass is 257 g/mol.